The van der Waals surface area contributed by atoms with Crippen molar-refractivity contribution in [1.82, 2.24) is 0 Å². The van der Waals surface area contributed by atoms with Crippen molar-refractivity contribution in [1.29, 1.82) is 0 Å². The quantitative estimate of drug-likeness (QED) is 0.850. The van der Waals surface area contributed by atoms with Crippen molar-refractivity contribution < 1.29 is 14.5 Å². The number of nitrogens with zero attached hydrogens (tertiary/aromatic N) is 1. The lowest BCUT2D eigenvalue weighted by atomic mass is 9.95. The number of quaternary nitrogens is 1. The van der Waals surface area contributed by atoms with Gasteiger partial charge in [-0.25, -0.2) is 0 Å². The zero-order valence-corrected chi connectivity index (χ0v) is 13.5. The van der Waals surface area contributed by atoms with E-state index in [0.29, 0.717) is 5.69 Å². The molecule has 3 rings (SSSR count). The van der Waals surface area contributed by atoms with Gasteiger partial charge in [-0.1, -0.05) is 12.1 Å². The normalized spacial score (nSPS) is 22.1. The van der Waals surface area contributed by atoms with Gasteiger partial charge in [-0.15, -0.1) is 0 Å². The fourth-order valence-electron chi connectivity index (χ4n) is 3.48. The molecule has 2 amide bonds. The molecule has 0 aliphatic carbocycles. The van der Waals surface area contributed by atoms with E-state index in [1.165, 1.54) is 17.7 Å². The number of likely N-dealkylation sites (tertiary alicyclic amines) is 1. The molecule has 0 unspecified atom stereocenters. The predicted molar refractivity (Wildman–Crippen MR) is 86.0 cm³/mol. The number of hydrogen-bond acceptors (Lipinski definition) is 2. The molecule has 2 aliphatic heterocycles. The lowest BCUT2D eigenvalue weighted by molar-refractivity contribution is -0.901. The monoisotopic (exact) mass is 302 g/mol. The fourth-order valence-corrected chi connectivity index (χ4v) is 3.48. The third-order valence-corrected chi connectivity index (χ3v) is 4.96. The molecule has 5 heteroatoms. The van der Waals surface area contributed by atoms with Crippen LogP contribution in [0.2, 0.25) is 0 Å². The first-order valence-electron chi connectivity index (χ1n) is 8.02. The Hall–Kier alpha value is -1.88. The van der Waals surface area contributed by atoms with Crippen molar-refractivity contribution in [3.63, 3.8) is 0 Å². The smallest absolute Gasteiger partial charge is 0.285 e. The first-order valence-corrected chi connectivity index (χ1v) is 8.02. The predicted octanol–water partition coefficient (Wildman–Crippen LogP) is 0.817. The van der Waals surface area contributed by atoms with Crippen molar-refractivity contribution in [2.75, 3.05) is 23.3 Å². The first kappa shape index (κ1) is 15.0. The number of nitrogens with one attached hydrogen (secondary N) is 2. The van der Waals surface area contributed by atoms with Gasteiger partial charge in [0.2, 0.25) is 5.91 Å². The van der Waals surface area contributed by atoms with Gasteiger partial charge in [-0.3, -0.25) is 14.5 Å². The maximum absolute atomic E-state index is 13.1. The van der Waals surface area contributed by atoms with Gasteiger partial charge in [0.05, 0.1) is 24.5 Å². The molecule has 2 N–H and O–H groups in total. The molecular formula is C17H24N3O2+. The van der Waals surface area contributed by atoms with Crippen LogP contribution in [0.4, 0.5) is 11.4 Å². The van der Waals surface area contributed by atoms with Crippen LogP contribution >= 0.6 is 0 Å². The lowest BCUT2D eigenvalue weighted by Gasteiger charge is -2.43. The van der Waals surface area contributed by atoms with E-state index >= 15 is 0 Å². The Balaban J connectivity index is 1.99. The van der Waals surface area contributed by atoms with Gasteiger partial charge in [0.1, 0.15) is 5.54 Å². The van der Waals surface area contributed by atoms with E-state index in [-0.39, 0.29) is 17.9 Å². The van der Waals surface area contributed by atoms with Crippen LogP contribution in [0.1, 0.15) is 33.6 Å². The topological polar surface area (TPSA) is 53.9 Å². The summed E-state index contributed by atoms with van der Waals surface area (Å²) >= 11 is 0. The Kier molecular flexibility index (Phi) is 3.68. The molecule has 2 heterocycles. The largest absolute Gasteiger partial charge is 0.325 e. The summed E-state index contributed by atoms with van der Waals surface area (Å²) in [6.07, 6.45) is 2.35. The number of fused-ring (bicyclic) bond motifs is 1. The molecule has 5 nitrogen and oxygen atoms in total. The molecule has 0 aromatic heterocycles. The van der Waals surface area contributed by atoms with Crippen LogP contribution in [0.25, 0.3) is 0 Å². The summed E-state index contributed by atoms with van der Waals surface area (Å²) in [4.78, 5) is 28.6. The second-order valence-corrected chi connectivity index (χ2v) is 6.79. The molecule has 118 valence electrons. The van der Waals surface area contributed by atoms with Crippen molar-refractivity contribution in [3.8, 4) is 0 Å². The van der Waals surface area contributed by atoms with Gasteiger partial charge in [0, 0.05) is 12.8 Å². The van der Waals surface area contributed by atoms with E-state index in [0.717, 1.165) is 18.8 Å². The highest BCUT2D eigenvalue weighted by molar-refractivity contribution is 6.14. The molecule has 0 radical (unpaired) electrons. The van der Waals surface area contributed by atoms with Crippen LogP contribution < -0.4 is 15.1 Å². The summed E-state index contributed by atoms with van der Waals surface area (Å²) in [5.74, 6) is -0.104. The standard InChI is InChI=1S/C17H23N3O2/c1-12(19-10-6-7-11-19)15(21)20-14-9-5-4-8-13(14)18-16(22)17(20,2)3/h4-5,8-9,12H,6-7,10-11H2,1-3H3,(H,18,22)/p+1/t12-/m1/s1. The van der Waals surface area contributed by atoms with Crippen molar-refractivity contribution in [2.24, 2.45) is 0 Å². The molecule has 0 spiro atoms. The second-order valence-electron chi connectivity index (χ2n) is 6.79. The minimum atomic E-state index is -0.876. The van der Waals surface area contributed by atoms with Crippen LogP contribution in [-0.2, 0) is 9.59 Å². The second kappa shape index (κ2) is 5.39. The molecule has 1 atom stereocenters. The Morgan fingerprint density at radius 1 is 1.27 bits per heavy atom. The van der Waals surface area contributed by atoms with Gasteiger partial charge < -0.3 is 10.2 Å². The van der Waals surface area contributed by atoms with E-state index < -0.39 is 5.54 Å². The number of rotatable bonds is 2. The van der Waals surface area contributed by atoms with Crippen molar-refractivity contribution in [2.45, 2.75) is 45.2 Å². The van der Waals surface area contributed by atoms with Gasteiger partial charge in [-0.2, -0.15) is 0 Å². The number of amides is 2. The Morgan fingerprint density at radius 3 is 2.59 bits per heavy atom. The minimum Gasteiger partial charge on any atom is -0.325 e. The zero-order valence-electron chi connectivity index (χ0n) is 13.5. The van der Waals surface area contributed by atoms with Gasteiger partial charge in [-0.05, 0) is 32.9 Å². The number of anilines is 2. The summed E-state index contributed by atoms with van der Waals surface area (Å²) in [6, 6.07) is 7.40. The highest BCUT2D eigenvalue weighted by Crippen LogP contribution is 2.36. The molecule has 22 heavy (non-hydrogen) atoms. The molecule has 0 bridgehead atoms. The molecule has 1 fully saturated rings. The Bertz CT molecular complexity index is 606. The third kappa shape index (κ3) is 2.29. The number of benzene rings is 1. The number of para-hydroxylation sites is 2. The molecule has 1 saturated heterocycles. The van der Waals surface area contributed by atoms with Crippen LogP contribution in [0.5, 0.6) is 0 Å². The number of hydrogen-bond donors (Lipinski definition) is 2. The first-order chi connectivity index (χ1) is 10.4. The summed E-state index contributed by atoms with van der Waals surface area (Å²) in [5.41, 5.74) is 0.630. The van der Waals surface area contributed by atoms with E-state index in [1.54, 1.807) is 4.90 Å². The average molecular weight is 302 g/mol. The highest BCUT2D eigenvalue weighted by atomic mass is 16.2. The maximum Gasteiger partial charge on any atom is 0.285 e. The van der Waals surface area contributed by atoms with E-state index in [1.807, 2.05) is 45.0 Å². The third-order valence-electron chi connectivity index (χ3n) is 4.96. The highest BCUT2D eigenvalue weighted by Gasteiger charge is 2.46. The van der Waals surface area contributed by atoms with Crippen LogP contribution in [0.3, 0.4) is 0 Å². The zero-order chi connectivity index (χ0) is 15.9. The summed E-state index contributed by atoms with van der Waals surface area (Å²) in [7, 11) is 0. The van der Waals surface area contributed by atoms with E-state index in [4.69, 9.17) is 0 Å². The molecular weight excluding hydrogens is 278 g/mol. The van der Waals surface area contributed by atoms with Crippen LogP contribution in [0, 0.1) is 0 Å². The minimum absolute atomic E-state index is 0.0317. The van der Waals surface area contributed by atoms with Crippen molar-refractivity contribution >= 4 is 23.2 Å². The number of carbonyl (C=O) groups excluding carboxylic acids is 2. The van der Waals surface area contributed by atoms with Gasteiger partial charge >= 0.3 is 0 Å². The van der Waals surface area contributed by atoms with Gasteiger partial charge in [0.25, 0.3) is 5.91 Å². The van der Waals surface area contributed by atoms with Crippen molar-refractivity contribution in [3.05, 3.63) is 24.3 Å². The fraction of sp³-hybridized carbons (Fsp3) is 0.529. The summed E-state index contributed by atoms with van der Waals surface area (Å²) in [6.45, 7) is 7.67. The Morgan fingerprint density at radius 2 is 1.91 bits per heavy atom. The number of carbonyl (C=O) groups is 2. The van der Waals surface area contributed by atoms with Crippen LogP contribution in [0.15, 0.2) is 24.3 Å². The average Bonchev–Trinajstić information content (AvgIpc) is 3.01. The van der Waals surface area contributed by atoms with E-state index in [2.05, 4.69) is 5.32 Å². The summed E-state index contributed by atoms with van der Waals surface area (Å²) in [5, 5.41) is 2.90. The maximum atomic E-state index is 13.1. The molecule has 0 saturated carbocycles. The van der Waals surface area contributed by atoms with Crippen LogP contribution in [-0.4, -0.2) is 36.5 Å². The van der Waals surface area contributed by atoms with E-state index in [9.17, 15) is 9.59 Å². The molecule has 1 aromatic rings. The summed E-state index contributed by atoms with van der Waals surface area (Å²) < 4.78 is 0. The molecule has 2 aliphatic rings. The lowest BCUT2D eigenvalue weighted by Crippen LogP contribution is -3.15. The Labute approximate surface area is 131 Å². The van der Waals surface area contributed by atoms with Gasteiger partial charge in [0.15, 0.2) is 6.04 Å². The molecule has 1 aromatic carbocycles. The SMILES string of the molecule is C[C@H](C(=O)N1c2ccccc2NC(=O)C1(C)C)[NH+]1CCCC1.